The minimum atomic E-state index is -0.344. The number of nitrogens with one attached hydrogen (secondary N) is 2. The summed E-state index contributed by atoms with van der Waals surface area (Å²) in [6.45, 7) is 3.25. The van der Waals surface area contributed by atoms with E-state index in [-0.39, 0.29) is 29.8 Å². The normalized spacial score (nSPS) is 15.9. The molecule has 0 saturated carbocycles. The highest BCUT2D eigenvalue weighted by Gasteiger charge is 2.25. The molecule has 0 unspecified atom stereocenters. The molecule has 20 heavy (non-hydrogen) atoms. The number of nitrogens with zero attached hydrogens (tertiary/aromatic N) is 3. The summed E-state index contributed by atoms with van der Waals surface area (Å²) in [6, 6.07) is -0.000462. The number of carbonyl (C=O) groups is 2. The van der Waals surface area contributed by atoms with Crippen molar-refractivity contribution in [1.29, 1.82) is 0 Å². The van der Waals surface area contributed by atoms with Crippen molar-refractivity contribution < 1.29 is 14.3 Å². The van der Waals surface area contributed by atoms with Gasteiger partial charge >= 0.3 is 6.09 Å². The summed E-state index contributed by atoms with van der Waals surface area (Å²) in [5, 5.41) is 8.89. The number of aromatic amines is 1. The van der Waals surface area contributed by atoms with E-state index in [1.807, 2.05) is 0 Å². The molecule has 0 radical (unpaired) electrons. The SMILES string of the molecule is CCOC(=O)N1CCC(NC(=O)c2nc(N)n[nH]2)CC1. The van der Waals surface area contributed by atoms with E-state index >= 15 is 0 Å². The van der Waals surface area contributed by atoms with Crippen LogP contribution in [0.4, 0.5) is 10.7 Å². The molecule has 0 bridgehead atoms. The van der Waals surface area contributed by atoms with Crippen LogP contribution in [-0.4, -0.2) is 57.8 Å². The predicted molar refractivity (Wildman–Crippen MR) is 69.9 cm³/mol. The van der Waals surface area contributed by atoms with Gasteiger partial charge in [-0.25, -0.2) is 4.79 Å². The molecular weight excluding hydrogens is 264 g/mol. The van der Waals surface area contributed by atoms with Gasteiger partial charge in [0.1, 0.15) is 0 Å². The Hall–Kier alpha value is -2.32. The minimum absolute atomic E-state index is 0.000462. The number of hydrogen-bond donors (Lipinski definition) is 3. The second kappa shape index (κ2) is 6.22. The lowest BCUT2D eigenvalue weighted by Crippen LogP contribution is -2.46. The van der Waals surface area contributed by atoms with E-state index in [9.17, 15) is 9.59 Å². The molecule has 2 rings (SSSR count). The Morgan fingerprint density at radius 2 is 2.20 bits per heavy atom. The Bertz CT molecular complexity index is 480. The van der Waals surface area contributed by atoms with E-state index in [2.05, 4.69) is 20.5 Å². The van der Waals surface area contributed by atoms with Gasteiger partial charge in [-0.3, -0.25) is 9.89 Å². The number of H-pyrrole nitrogens is 1. The maximum atomic E-state index is 11.8. The Morgan fingerprint density at radius 3 is 2.75 bits per heavy atom. The highest BCUT2D eigenvalue weighted by molar-refractivity contribution is 5.90. The van der Waals surface area contributed by atoms with E-state index < -0.39 is 0 Å². The highest BCUT2D eigenvalue weighted by Crippen LogP contribution is 2.12. The third-order valence-corrected chi connectivity index (χ3v) is 3.07. The summed E-state index contributed by atoms with van der Waals surface area (Å²) < 4.78 is 4.93. The van der Waals surface area contributed by atoms with Crippen molar-refractivity contribution in [2.75, 3.05) is 25.4 Å². The van der Waals surface area contributed by atoms with E-state index in [1.54, 1.807) is 11.8 Å². The number of likely N-dealkylation sites (tertiary alicyclic amines) is 1. The van der Waals surface area contributed by atoms with Crippen molar-refractivity contribution in [2.24, 2.45) is 0 Å². The van der Waals surface area contributed by atoms with Gasteiger partial charge in [-0.1, -0.05) is 0 Å². The number of anilines is 1. The smallest absolute Gasteiger partial charge is 0.409 e. The fourth-order valence-electron chi connectivity index (χ4n) is 2.05. The van der Waals surface area contributed by atoms with Gasteiger partial charge in [-0.05, 0) is 19.8 Å². The molecule has 4 N–H and O–H groups in total. The summed E-state index contributed by atoms with van der Waals surface area (Å²) in [5.41, 5.74) is 5.34. The van der Waals surface area contributed by atoms with Crippen LogP contribution in [0.3, 0.4) is 0 Å². The van der Waals surface area contributed by atoms with Crippen LogP contribution in [-0.2, 0) is 4.74 Å². The van der Waals surface area contributed by atoms with Crippen LogP contribution in [0.1, 0.15) is 30.4 Å². The standard InChI is InChI=1S/C11H18N6O3/c1-2-20-11(19)17-5-3-7(4-6-17)13-9(18)8-14-10(12)16-15-8/h7H,2-6H2,1H3,(H,13,18)(H3,12,14,15,16). The van der Waals surface area contributed by atoms with E-state index in [4.69, 9.17) is 10.5 Å². The van der Waals surface area contributed by atoms with Crippen molar-refractivity contribution in [1.82, 2.24) is 25.4 Å². The van der Waals surface area contributed by atoms with Crippen molar-refractivity contribution in [3.05, 3.63) is 5.82 Å². The molecule has 1 aromatic rings. The Kier molecular flexibility index (Phi) is 4.38. The summed E-state index contributed by atoms with van der Waals surface area (Å²) in [6.07, 6.45) is 1.04. The number of nitrogen functional groups attached to an aromatic ring is 1. The Balaban J connectivity index is 1.80. The number of piperidine rings is 1. The lowest BCUT2D eigenvalue weighted by Gasteiger charge is -2.31. The quantitative estimate of drug-likeness (QED) is 0.701. The lowest BCUT2D eigenvalue weighted by molar-refractivity contribution is 0.0853. The zero-order valence-corrected chi connectivity index (χ0v) is 11.3. The summed E-state index contributed by atoms with van der Waals surface area (Å²) >= 11 is 0. The molecule has 110 valence electrons. The molecule has 1 aromatic heterocycles. The number of hydrogen-bond acceptors (Lipinski definition) is 6. The zero-order chi connectivity index (χ0) is 14.5. The number of rotatable bonds is 3. The third kappa shape index (κ3) is 3.37. The molecule has 1 aliphatic rings. The summed E-state index contributed by atoms with van der Waals surface area (Å²) in [7, 11) is 0. The first-order chi connectivity index (χ1) is 9.60. The van der Waals surface area contributed by atoms with Gasteiger partial charge in [0.15, 0.2) is 0 Å². The average Bonchev–Trinajstić information content (AvgIpc) is 2.86. The maximum absolute atomic E-state index is 11.8. The molecular formula is C11H18N6O3. The van der Waals surface area contributed by atoms with Crippen LogP contribution in [0.2, 0.25) is 0 Å². The molecule has 1 fully saturated rings. The molecule has 1 aliphatic heterocycles. The van der Waals surface area contributed by atoms with Crippen LogP contribution in [0.25, 0.3) is 0 Å². The molecule has 2 amide bonds. The van der Waals surface area contributed by atoms with Gasteiger partial charge in [0.05, 0.1) is 6.61 Å². The van der Waals surface area contributed by atoms with Crippen molar-refractivity contribution in [2.45, 2.75) is 25.8 Å². The van der Waals surface area contributed by atoms with E-state index in [0.717, 1.165) is 0 Å². The number of aromatic nitrogens is 3. The Labute approximate surface area is 115 Å². The van der Waals surface area contributed by atoms with Gasteiger partial charge < -0.3 is 20.7 Å². The third-order valence-electron chi connectivity index (χ3n) is 3.07. The second-order valence-electron chi connectivity index (χ2n) is 4.48. The van der Waals surface area contributed by atoms with E-state index in [0.29, 0.717) is 32.5 Å². The van der Waals surface area contributed by atoms with E-state index in [1.165, 1.54) is 0 Å². The van der Waals surface area contributed by atoms with Crippen LogP contribution < -0.4 is 11.1 Å². The summed E-state index contributed by atoms with van der Waals surface area (Å²) in [5.74, 6) is -0.216. The lowest BCUT2D eigenvalue weighted by atomic mass is 10.1. The van der Waals surface area contributed by atoms with Gasteiger partial charge in [-0.2, -0.15) is 4.98 Å². The molecule has 0 spiro atoms. The number of carbonyl (C=O) groups excluding carboxylic acids is 2. The molecule has 0 aromatic carbocycles. The number of ether oxygens (including phenoxy) is 1. The van der Waals surface area contributed by atoms with Crippen molar-refractivity contribution in [3.8, 4) is 0 Å². The summed E-state index contributed by atoms with van der Waals surface area (Å²) in [4.78, 5) is 28.8. The van der Waals surface area contributed by atoms with Gasteiger partial charge in [0.2, 0.25) is 11.8 Å². The van der Waals surface area contributed by atoms with Gasteiger partial charge in [-0.15, -0.1) is 5.10 Å². The first-order valence-corrected chi connectivity index (χ1v) is 6.50. The number of nitrogens with two attached hydrogens (primary N) is 1. The Morgan fingerprint density at radius 1 is 1.50 bits per heavy atom. The second-order valence-corrected chi connectivity index (χ2v) is 4.48. The predicted octanol–water partition coefficient (Wildman–Crippen LogP) is -0.262. The van der Waals surface area contributed by atoms with Crippen molar-refractivity contribution in [3.63, 3.8) is 0 Å². The fraction of sp³-hybridized carbons (Fsp3) is 0.636. The molecule has 9 heteroatoms. The van der Waals surface area contributed by atoms with Crippen LogP contribution in [0.5, 0.6) is 0 Å². The average molecular weight is 282 g/mol. The first kappa shape index (κ1) is 14.1. The van der Waals surface area contributed by atoms with Crippen molar-refractivity contribution >= 4 is 17.9 Å². The van der Waals surface area contributed by atoms with Crippen LogP contribution in [0.15, 0.2) is 0 Å². The van der Waals surface area contributed by atoms with Gasteiger partial charge in [0, 0.05) is 19.1 Å². The monoisotopic (exact) mass is 282 g/mol. The molecule has 1 saturated heterocycles. The fourth-order valence-corrected chi connectivity index (χ4v) is 2.05. The number of amides is 2. The van der Waals surface area contributed by atoms with Crippen LogP contribution >= 0.6 is 0 Å². The molecule has 2 heterocycles. The molecule has 0 aliphatic carbocycles. The molecule has 9 nitrogen and oxygen atoms in total. The van der Waals surface area contributed by atoms with Crippen LogP contribution in [0, 0.1) is 0 Å². The zero-order valence-electron chi connectivity index (χ0n) is 11.3. The minimum Gasteiger partial charge on any atom is -0.450 e. The maximum Gasteiger partial charge on any atom is 0.409 e. The first-order valence-electron chi connectivity index (χ1n) is 6.50. The molecule has 0 atom stereocenters. The van der Waals surface area contributed by atoms with Gasteiger partial charge in [0.25, 0.3) is 5.91 Å². The highest BCUT2D eigenvalue weighted by atomic mass is 16.6. The topological polar surface area (TPSA) is 126 Å². The largest absolute Gasteiger partial charge is 0.450 e.